The molecule has 1 amide bonds. The minimum Gasteiger partial charge on any atom is -0.397 e. The molecule has 0 saturated carbocycles. The molecule has 0 fully saturated rings. The Kier molecular flexibility index (Phi) is 6.45. The average molecular weight is 399 g/mol. The summed E-state index contributed by atoms with van der Waals surface area (Å²) in [5, 5.41) is 15.8. The SMILES string of the molecule is CCNC(C)c1cc(C#N)c(-c2ccc(C(=O)Nc3ccccc3N)cc2)nc1C. The van der Waals surface area contributed by atoms with Crippen molar-refractivity contribution in [1.82, 2.24) is 10.3 Å². The molecule has 1 heterocycles. The maximum atomic E-state index is 12.5. The van der Waals surface area contributed by atoms with Gasteiger partial charge < -0.3 is 16.4 Å². The Morgan fingerprint density at radius 2 is 1.90 bits per heavy atom. The van der Waals surface area contributed by atoms with E-state index >= 15 is 0 Å². The largest absolute Gasteiger partial charge is 0.397 e. The molecule has 2 aromatic carbocycles. The van der Waals surface area contributed by atoms with Gasteiger partial charge in [0, 0.05) is 22.9 Å². The van der Waals surface area contributed by atoms with Crippen LogP contribution in [0.25, 0.3) is 11.3 Å². The van der Waals surface area contributed by atoms with Crippen LogP contribution in [-0.4, -0.2) is 17.4 Å². The van der Waals surface area contributed by atoms with Crippen LogP contribution in [0, 0.1) is 18.3 Å². The highest BCUT2D eigenvalue weighted by molar-refractivity contribution is 6.05. The standard InChI is InChI=1S/C24H25N5O/c1-4-27-15(2)20-13-19(14-25)23(28-16(20)3)17-9-11-18(12-10-17)24(30)29-22-8-6-5-7-21(22)26/h5-13,15,27H,4,26H2,1-3H3,(H,29,30). The minimum absolute atomic E-state index is 0.111. The number of aromatic nitrogens is 1. The van der Waals surface area contributed by atoms with Crippen molar-refractivity contribution in [2.75, 3.05) is 17.6 Å². The first-order chi connectivity index (χ1) is 14.4. The Morgan fingerprint density at radius 3 is 2.53 bits per heavy atom. The van der Waals surface area contributed by atoms with Gasteiger partial charge in [0.25, 0.3) is 5.91 Å². The van der Waals surface area contributed by atoms with E-state index in [0.29, 0.717) is 28.2 Å². The fourth-order valence-corrected chi connectivity index (χ4v) is 3.37. The second-order valence-electron chi connectivity index (χ2n) is 7.07. The molecule has 1 atom stereocenters. The molecule has 30 heavy (non-hydrogen) atoms. The number of hydrogen-bond donors (Lipinski definition) is 3. The molecule has 0 aliphatic rings. The Labute approximate surface area is 176 Å². The van der Waals surface area contributed by atoms with Gasteiger partial charge in [0.2, 0.25) is 0 Å². The van der Waals surface area contributed by atoms with Crippen LogP contribution >= 0.6 is 0 Å². The lowest BCUT2D eigenvalue weighted by molar-refractivity contribution is 0.102. The van der Waals surface area contributed by atoms with Crippen molar-refractivity contribution in [3.63, 3.8) is 0 Å². The summed E-state index contributed by atoms with van der Waals surface area (Å²) in [5.41, 5.74) is 11.2. The molecule has 0 saturated heterocycles. The van der Waals surface area contributed by atoms with E-state index in [1.165, 1.54) is 0 Å². The van der Waals surface area contributed by atoms with Crippen LogP contribution in [0.5, 0.6) is 0 Å². The summed E-state index contributed by atoms with van der Waals surface area (Å²) in [7, 11) is 0. The third kappa shape index (κ3) is 4.48. The molecule has 4 N–H and O–H groups in total. The minimum atomic E-state index is -0.251. The summed E-state index contributed by atoms with van der Waals surface area (Å²) in [6.45, 7) is 6.88. The molecule has 0 aliphatic carbocycles. The van der Waals surface area contributed by atoms with Crippen LogP contribution in [0.4, 0.5) is 11.4 Å². The van der Waals surface area contributed by atoms with Crippen molar-refractivity contribution in [1.29, 1.82) is 5.26 Å². The number of aryl methyl sites for hydroxylation is 1. The Balaban J connectivity index is 1.87. The van der Waals surface area contributed by atoms with Crippen molar-refractivity contribution in [2.45, 2.75) is 26.8 Å². The molecule has 0 aliphatic heterocycles. The number of para-hydroxylation sites is 2. The molecule has 0 bridgehead atoms. The Morgan fingerprint density at radius 1 is 1.20 bits per heavy atom. The summed E-state index contributed by atoms with van der Waals surface area (Å²) >= 11 is 0. The monoisotopic (exact) mass is 399 g/mol. The summed E-state index contributed by atoms with van der Waals surface area (Å²) in [4.78, 5) is 17.2. The number of pyridine rings is 1. The molecular weight excluding hydrogens is 374 g/mol. The zero-order valence-corrected chi connectivity index (χ0v) is 17.4. The Hall–Kier alpha value is -3.69. The summed E-state index contributed by atoms with van der Waals surface area (Å²) in [5.74, 6) is -0.251. The third-order valence-electron chi connectivity index (χ3n) is 4.98. The van der Waals surface area contributed by atoms with Gasteiger partial charge in [0.05, 0.1) is 22.6 Å². The van der Waals surface area contributed by atoms with Gasteiger partial charge in [0.1, 0.15) is 6.07 Å². The fourth-order valence-electron chi connectivity index (χ4n) is 3.37. The number of benzene rings is 2. The van der Waals surface area contributed by atoms with E-state index in [9.17, 15) is 10.1 Å². The Bertz CT molecular complexity index is 1100. The molecule has 0 radical (unpaired) electrons. The normalized spacial score (nSPS) is 11.5. The van der Waals surface area contributed by atoms with Crippen LogP contribution in [0.15, 0.2) is 54.6 Å². The highest BCUT2D eigenvalue weighted by atomic mass is 16.1. The number of carbonyl (C=O) groups excluding carboxylic acids is 1. The summed E-state index contributed by atoms with van der Waals surface area (Å²) in [6.07, 6.45) is 0. The maximum Gasteiger partial charge on any atom is 0.255 e. The number of carbonyl (C=O) groups is 1. The second-order valence-corrected chi connectivity index (χ2v) is 7.07. The van der Waals surface area contributed by atoms with Crippen molar-refractivity contribution in [3.05, 3.63) is 77.0 Å². The van der Waals surface area contributed by atoms with E-state index in [2.05, 4.69) is 23.6 Å². The maximum absolute atomic E-state index is 12.5. The zero-order chi connectivity index (χ0) is 21.7. The molecule has 1 aromatic heterocycles. The van der Waals surface area contributed by atoms with E-state index in [-0.39, 0.29) is 11.9 Å². The van der Waals surface area contributed by atoms with Crippen molar-refractivity contribution < 1.29 is 4.79 Å². The lowest BCUT2D eigenvalue weighted by Gasteiger charge is -2.17. The molecule has 3 rings (SSSR count). The van der Waals surface area contributed by atoms with Crippen molar-refractivity contribution >= 4 is 17.3 Å². The van der Waals surface area contributed by atoms with Crippen molar-refractivity contribution in [3.8, 4) is 17.3 Å². The molecular formula is C24H25N5O. The van der Waals surface area contributed by atoms with Gasteiger partial charge in [-0.05, 0) is 56.3 Å². The van der Waals surface area contributed by atoms with Crippen LogP contribution in [0.1, 0.15) is 47.1 Å². The molecule has 6 heteroatoms. The predicted octanol–water partition coefficient (Wildman–Crippen LogP) is 4.43. The third-order valence-corrected chi connectivity index (χ3v) is 4.98. The number of nitrogen functional groups attached to an aromatic ring is 1. The highest BCUT2D eigenvalue weighted by Crippen LogP contribution is 2.27. The molecule has 0 spiro atoms. The first-order valence-electron chi connectivity index (χ1n) is 9.86. The first kappa shape index (κ1) is 21.0. The van der Waals surface area contributed by atoms with Gasteiger partial charge in [-0.3, -0.25) is 9.78 Å². The van der Waals surface area contributed by atoms with Gasteiger partial charge in [-0.25, -0.2) is 0 Å². The number of nitrogens with zero attached hydrogens (tertiary/aromatic N) is 2. The van der Waals surface area contributed by atoms with Gasteiger partial charge in [-0.2, -0.15) is 5.26 Å². The molecule has 6 nitrogen and oxygen atoms in total. The number of nitrogens with two attached hydrogens (primary N) is 1. The lowest BCUT2D eigenvalue weighted by Crippen LogP contribution is -2.19. The first-order valence-corrected chi connectivity index (χ1v) is 9.86. The summed E-state index contributed by atoms with van der Waals surface area (Å²) in [6, 6.07) is 18.4. The zero-order valence-electron chi connectivity index (χ0n) is 17.4. The van der Waals surface area contributed by atoms with E-state index in [1.54, 1.807) is 36.4 Å². The predicted molar refractivity (Wildman–Crippen MR) is 120 cm³/mol. The van der Waals surface area contributed by atoms with Crippen LogP contribution < -0.4 is 16.4 Å². The number of rotatable bonds is 6. The highest BCUT2D eigenvalue weighted by Gasteiger charge is 2.15. The number of nitriles is 1. The van der Waals surface area contributed by atoms with Gasteiger partial charge in [-0.1, -0.05) is 31.2 Å². The second kappa shape index (κ2) is 9.21. The fraction of sp³-hybridized carbons (Fsp3) is 0.208. The van der Waals surface area contributed by atoms with E-state index in [1.807, 2.05) is 32.0 Å². The van der Waals surface area contributed by atoms with E-state index < -0.39 is 0 Å². The quantitative estimate of drug-likeness (QED) is 0.532. The number of amides is 1. The molecule has 152 valence electrons. The van der Waals surface area contributed by atoms with E-state index in [0.717, 1.165) is 23.4 Å². The average Bonchev–Trinajstić information content (AvgIpc) is 2.75. The molecule has 1 unspecified atom stereocenters. The topological polar surface area (TPSA) is 104 Å². The van der Waals surface area contributed by atoms with Gasteiger partial charge in [0.15, 0.2) is 0 Å². The van der Waals surface area contributed by atoms with Crippen LogP contribution in [0.2, 0.25) is 0 Å². The number of hydrogen-bond acceptors (Lipinski definition) is 5. The van der Waals surface area contributed by atoms with Crippen molar-refractivity contribution in [2.24, 2.45) is 0 Å². The summed E-state index contributed by atoms with van der Waals surface area (Å²) < 4.78 is 0. The van der Waals surface area contributed by atoms with Crippen LogP contribution in [0.3, 0.4) is 0 Å². The van der Waals surface area contributed by atoms with E-state index in [4.69, 9.17) is 10.7 Å². The van der Waals surface area contributed by atoms with Crippen LogP contribution in [-0.2, 0) is 0 Å². The van der Waals surface area contributed by atoms with Gasteiger partial charge in [-0.15, -0.1) is 0 Å². The smallest absolute Gasteiger partial charge is 0.255 e. The number of nitrogens with one attached hydrogen (secondary N) is 2. The molecule has 3 aromatic rings. The number of anilines is 2. The van der Waals surface area contributed by atoms with Gasteiger partial charge >= 0.3 is 0 Å². The lowest BCUT2D eigenvalue weighted by atomic mass is 9.99.